The van der Waals surface area contributed by atoms with Crippen LogP contribution in [0.1, 0.15) is 84.9 Å². The van der Waals surface area contributed by atoms with Crippen molar-refractivity contribution in [2.45, 2.75) is 95.9 Å². The number of ether oxygens (including phenoxy) is 1. The van der Waals surface area contributed by atoms with Crippen molar-refractivity contribution >= 4 is 29.1 Å². The predicted octanol–water partition coefficient (Wildman–Crippen LogP) is 8.24. The van der Waals surface area contributed by atoms with Crippen LogP contribution in [0.25, 0.3) is 0 Å². The summed E-state index contributed by atoms with van der Waals surface area (Å²) < 4.78 is 104. The third-order valence-electron chi connectivity index (χ3n) is 9.83. The van der Waals surface area contributed by atoms with Gasteiger partial charge in [0.15, 0.2) is 0 Å². The number of thiophene rings is 1. The average molecular weight is 758 g/mol. The first-order chi connectivity index (χ1) is 24.4. The number of carboxylic acids is 1. The summed E-state index contributed by atoms with van der Waals surface area (Å²) in [5.41, 5.74) is -3.22. The standard InChI is InChI=1S/C36H38F7N3O5S/c1-4-7-28-34(51-25-17-29(52-19-25)36(41,42)43,11-6-13-45(28)31(47)30-27(35(38,39)40)8-5-12-44-30)33(50)46-18-21-9-10-23(37)14-22(21)15-24(46)16-26(20(2)3)32(48)49/h5,8-10,12,14,17,19-20,24,26,28H,4,6-7,11,13,15-16,18H2,1-3H3,(H,48,49)/t24-,26-,28+,34+/m0/s1. The lowest BCUT2D eigenvalue weighted by molar-refractivity contribution is -0.164. The third-order valence-corrected chi connectivity index (χ3v) is 10.8. The number of carbonyl (C=O) groups is 3. The first-order valence-electron chi connectivity index (χ1n) is 16.9. The molecule has 5 rings (SSSR count). The maximum absolute atomic E-state index is 15.3. The molecule has 2 aliphatic rings. The molecule has 0 saturated carbocycles. The molecule has 52 heavy (non-hydrogen) atoms. The molecule has 0 unspecified atom stereocenters. The summed E-state index contributed by atoms with van der Waals surface area (Å²) in [5.74, 6) is -5.20. The minimum absolute atomic E-state index is 0.00593. The van der Waals surface area contributed by atoms with Crippen molar-refractivity contribution in [1.82, 2.24) is 14.8 Å². The Kier molecular flexibility index (Phi) is 11.3. The molecule has 1 saturated heterocycles. The van der Waals surface area contributed by atoms with Crippen molar-refractivity contribution in [2.75, 3.05) is 6.54 Å². The molecule has 0 radical (unpaired) electrons. The molecule has 16 heteroatoms. The van der Waals surface area contributed by atoms with E-state index in [4.69, 9.17) is 4.74 Å². The maximum Gasteiger partial charge on any atom is 0.425 e. The minimum atomic E-state index is -4.95. The second-order valence-electron chi connectivity index (χ2n) is 13.6. The zero-order valence-corrected chi connectivity index (χ0v) is 29.4. The van der Waals surface area contributed by atoms with Gasteiger partial charge >= 0.3 is 18.3 Å². The smallest absolute Gasteiger partial charge is 0.425 e. The average Bonchev–Trinajstić information content (AvgIpc) is 3.55. The number of pyridine rings is 1. The topological polar surface area (TPSA) is 100 Å². The number of likely N-dealkylation sites (tertiary alicyclic amines) is 1. The number of halogens is 7. The molecule has 1 fully saturated rings. The first-order valence-corrected chi connectivity index (χ1v) is 17.7. The zero-order valence-electron chi connectivity index (χ0n) is 28.6. The molecule has 2 amide bonds. The van der Waals surface area contributed by atoms with Crippen LogP contribution in [0, 0.1) is 17.7 Å². The Balaban J connectivity index is 1.67. The van der Waals surface area contributed by atoms with E-state index in [1.54, 1.807) is 20.8 Å². The van der Waals surface area contributed by atoms with Crippen molar-refractivity contribution < 1.29 is 55.0 Å². The Hall–Kier alpha value is -4.21. The van der Waals surface area contributed by atoms with Gasteiger partial charge < -0.3 is 19.6 Å². The predicted molar refractivity (Wildman–Crippen MR) is 176 cm³/mol. The maximum atomic E-state index is 15.3. The summed E-state index contributed by atoms with van der Waals surface area (Å²) >= 11 is 0.330. The highest BCUT2D eigenvalue weighted by Gasteiger charge is 2.57. The number of carbonyl (C=O) groups excluding carboxylic acids is 2. The summed E-state index contributed by atoms with van der Waals surface area (Å²) in [7, 11) is 0. The fourth-order valence-electron chi connectivity index (χ4n) is 7.33. The van der Waals surface area contributed by atoms with Crippen LogP contribution in [0.5, 0.6) is 5.75 Å². The van der Waals surface area contributed by atoms with Gasteiger partial charge in [-0.1, -0.05) is 33.3 Å². The number of benzene rings is 1. The van der Waals surface area contributed by atoms with Gasteiger partial charge in [-0.3, -0.25) is 19.4 Å². The number of carboxylic acid groups (broad SMARTS) is 1. The Morgan fingerprint density at radius 3 is 2.40 bits per heavy atom. The molecule has 4 atom stereocenters. The number of amides is 2. The number of nitrogens with zero attached hydrogens (tertiary/aromatic N) is 3. The number of piperidine rings is 1. The van der Waals surface area contributed by atoms with Crippen molar-refractivity contribution in [2.24, 2.45) is 11.8 Å². The highest BCUT2D eigenvalue weighted by Crippen LogP contribution is 2.44. The molecule has 2 aliphatic heterocycles. The number of rotatable bonds is 10. The highest BCUT2D eigenvalue weighted by molar-refractivity contribution is 7.10. The summed E-state index contributed by atoms with van der Waals surface area (Å²) in [5, 5.41) is 11.2. The van der Waals surface area contributed by atoms with Gasteiger partial charge in [0.2, 0.25) is 5.60 Å². The quantitative estimate of drug-likeness (QED) is 0.209. The van der Waals surface area contributed by atoms with E-state index in [1.807, 2.05) is 0 Å². The SMILES string of the molecule is CCC[C@H]1N(C(=O)c2ncccc2C(F)(F)F)CCC[C@]1(Oc1csc(C(F)(F)F)c1)C(=O)N1Cc2ccc(F)cc2C[C@H]1C[C@H](C(=O)O)C(C)C. The van der Waals surface area contributed by atoms with E-state index < -0.39 is 75.7 Å². The van der Waals surface area contributed by atoms with Gasteiger partial charge in [-0.25, -0.2) is 4.39 Å². The molecular weight excluding hydrogens is 719 g/mol. The van der Waals surface area contributed by atoms with Gasteiger partial charge in [-0.2, -0.15) is 26.3 Å². The minimum Gasteiger partial charge on any atom is -0.481 e. The van der Waals surface area contributed by atoms with E-state index >= 15 is 4.79 Å². The fourth-order valence-corrected chi connectivity index (χ4v) is 8.01. The number of hydrogen-bond donors (Lipinski definition) is 1. The molecule has 0 aliphatic carbocycles. The normalized spacial score (nSPS) is 21.5. The van der Waals surface area contributed by atoms with Crippen LogP contribution in [0.15, 0.2) is 48.0 Å². The third kappa shape index (κ3) is 7.91. The van der Waals surface area contributed by atoms with Gasteiger partial charge in [-0.05, 0) is 67.0 Å². The number of aromatic nitrogens is 1. The lowest BCUT2D eigenvalue weighted by atomic mass is 9.78. The van der Waals surface area contributed by atoms with Gasteiger partial charge in [0, 0.05) is 43.2 Å². The van der Waals surface area contributed by atoms with Crippen molar-refractivity contribution in [3.63, 3.8) is 0 Å². The molecule has 1 aromatic carbocycles. The van der Waals surface area contributed by atoms with E-state index in [0.29, 0.717) is 35.0 Å². The van der Waals surface area contributed by atoms with E-state index in [9.17, 15) is 45.4 Å². The molecule has 0 spiro atoms. The van der Waals surface area contributed by atoms with E-state index in [1.165, 1.54) is 23.1 Å². The van der Waals surface area contributed by atoms with E-state index in [2.05, 4.69) is 4.98 Å². The fraction of sp³-hybridized carbons (Fsp3) is 0.500. The number of fused-ring (bicyclic) bond motifs is 1. The molecule has 0 bridgehead atoms. The van der Waals surface area contributed by atoms with Crippen LogP contribution in [-0.2, 0) is 34.9 Å². The van der Waals surface area contributed by atoms with Crippen molar-refractivity contribution in [3.8, 4) is 5.75 Å². The van der Waals surface area contributed by atoms with E-state index in [0.717, 1.165) is 28.6 Å². The van der Waals surface area contributed by atoms with Crippen molar-refractivity contribution in [3.05, 3.63) is 81.1 Å². The number of alkyl halides is 6. The second kappa shape index (κ2) is 15.0. The Labute approximate surface area is 299 Å². The van der Waals surface area contributed by atoms with Crippen LogP contribution in [-0.4, -0.2) is 61.9 Å². The van der Waals surface area contributed by atoms with Crippen LogP contribution < -0.4 is 4.74 Å². The molecule has 4 heterocycles. The molecule has 2 aromatic heterocycles. The first kappa shape index (κ1) is 39.0. The summed E-state index contributed by atoms with van der Waals surface area (Å²) in [6, 6.07) is 4.35. The molecular formula is C36H38F7N3O5S. The Morgan fingerprint density at radius 1 is 1.06 bits per heavy atom. The summed E-state index contributed by atoms with van der Waals surface area (Å²) in [6.07, 6.45) is -8.49. The van der Waals surface area contributed by atoms with Crippen LogP contribution in [0.3, 0.4) is 0 Å². The number of hydrogen-bond acceptors (Lipinski definition) is 6. The van der Waals surface area contributed by atoms with Gasteiger partial charge in [0.1, 0.15) is 22.1 Å². The summed E-state index contributed by atoms with van der Waals surface area (Å²) in [6.45, 7) is 4.88. The molecule has 3 aromatic rings. The molecule has 8 nitrogen and oxygen atoms in total. The van der Waals surface area contributed by atoms with Gasteiger partial charge in [-0.15, -0.1) is 11.3 Å². The molecule has 282 valence electrons. The zero-order chi connectivity index (χ0) is 38.2. The second-order valence-corrected chi connectivity index (χ2v) is 14.5. The van der Waals surface area contributed by atoms with Crippen molar-refractivity contribution in [1.29, 1.82) is 0 Å². The van der Waals surface area contributed by atoms with Gasteiger partial charge in [0.25, 0.3) is 11.8 Å². The molecule has 1 N–H and O–H groups in total. The number of aliphatic carboxylic acids is 1. The Morgan fingerprint density at radius 2 is 1.79 bits per heavy atom. The highest BCUT2D eigenvalue weighted by atomic mass is 32.1. The van der Waals surface area contributed by atoms with Crippen LogP contribution in [0.2, 0.25) is 0 Å². The monoisotopic (exact) mass is 757 g/mol. The summed E-state index contributed by atoms with van der Waals surface area (Å²) in [4.78, 5) is 47.0. The van der Waals surface area contributed by atoms with Crippen LogP contribution >= 0.6 is 11.3 Å². The van der Waals surface area contributed by atoms with Crippen LogP contribution in [0.4, 0.5) is 30.7 Å². The Bertz CT molecular complexity index is 1800. The largest absolute Gasteiger partial charge is 0.481 e. The van der Waals surface area contributed by atoms with Gasteiger partial charge in [0.05, 0.1) is 17.5 Å². The van der Waals surface area contributed by atoms with E-state index in [-0.39, 0.29) is 56.9 Å². The lowest BCUT2D eigenvalue weighted by Crippen LogP contribution is -2.69. The lowest BCUT2D eigenvalue weighted by Gasteiger charge is -2.51.